The van der Waals surface area contributed by atoms with Crippen LogP contribution in [0.25, 0.3) is 0 Å². The quantitative estimate of drug-likeness (QED) is 0.690. The van der Waals surface area contributed by atoms with E-state index in [1.807, 2.05) is 24.3 Å². The normalized spacial score (nSPS) is 17.8. The minimum Gasteiger partial charge on any atom is -0.466 e. The molecule has 168 valence electrons. The van der Waals surface area contributed by atoms with Crippen molar-refractivity contribution in [1.29, 1.82) is 5.26 Å². The summed E-state index contributed by atoms with van der Waals surface area (Å²) in [5.41, 5.74) is 10.1. The smallest absolute Gasteiger partial charge is 0.355 e. The molecule has 3 N–H and O–H groups in total. The number of allylic oxidation sites excluding steroid dienone is 1. The van der Waals surface area contributed by atoms with Crippen LogP contribution in [0.5, 0.6) is 0 Å². The standard InChI is InChI=1S/C25H24N4O4/c1-32-24(30)21-20(15-6-4-3-5-7-15)19(13-26)23(27)29(22(21)25(31)33-2)18-9-8-17-14-28-11-10-16(17)12-18/h3-9,12,20,28H,10-11,14,27H2,1-2H3. The minimum atomic E-state index is -0.879. The van der Waals surface area contributed by atoms with Crippen LogP contribution in [0.3, 0.4) is 0 Å². The van der Waals surface area contributed by atoms with Crippen LogP contribution in [0.15, 0.2) is 71.2 Å². The fourth-order valence-electron chi connectivity index (χ4n) is 4.38. The number of benzene rings is 2. The molecule has 4 rings (SSSR count). The summed E-state index contributed by atoms with van der Waals surface area (Å²) in [6.45, 7) is 1.57. The van der Waals surface area contributed by atoms with Crippen LogP contribution in [-0.4, -0.2) is 32.7 Å². The molecule has 2 heterocycles. The molecule has 0 amide bonds. The maximum atomic E-state index is 13.1. The minimum absolute atomic E-state index is 0.000636. The van der Waals surface area contributed by atoms with Crippen molar-refractivity contribution in [3.8, 4) is 6.07 Å². The Morgan fingerprint density at radius 2 is 1.82 bits per heavy atom. The first-order valence-electron chi connectivity index (χ1n) is 10.5. The Bertz CT molecular complexity index is 1210. The molecule has 2 aliphatic heterocycles. The molecule has 0 aromatic heterocycles. The molecule has 8 heteroatoms. The average Bonchev–Trinajstić information content (AvgIpc) is 2.87. The topological polar surface area (TPSA) is 118 Å². The number of methoxy groups -OCH3 is 2. The number of carbonyl (C=O) groups is 2. The molecule has 0 fully saturated rings. The Labute approximate surface area is 191 Å². The van der Waals surface area contributed by atoms with Crippen LogP contribution in [-0.2, 0) is 32.0 Å². The number of fused-ring (bicyclic) bond motifs is 1. The molecule has 33 heavy (non-hydrogen) atoms. The van der Waals surface area contributed by atoms with E-state index < -0.39 is 17.9 Å². The summed E-state index contributed by atoms with van der Waals surface area (Å²) in [6.07, 6.45) is 0.805. The molecule has 0 spiro atoms. The van der Waals surface area contributed by atoms with Crippen molar-refractivity contribution >= 4 is 17.6 Å². The molecule has 0 aliphatic carbocycles. The summed E-state index contributed by atoms with van der Waals surface area (Å²) in [6, 6.07) is 16.8. The summed E-state index contributed by atoms with van der Waals surface area (Å²) in [4.78, 5) is 27.6. The largest absolute Gasteiger partial charge is 0.466 e. The predicted octanol–water partition coefficient (Wildman–Crippen LogP) is 2.23. The van der Waals surface area contributed by atoms with Gasteiger partial charge in [0, 0.05) is 12.2 Å². The van der Waals surface area contributed by atoms with Gasteiger partial charge in [0.15, 0.2) is 0 Å². The highest BCUT2D eigenvalue weighted by Crippen LogP contribution is 2.43. The van der Waals surface area contributed by atoms with E-state index in [0.29, 0.717) is 11.3 Å². The van der Waals surface area contributed by atoms with E-state index in [0.717, 1.165) is 30.6 Å². The summed E-state index contributed by atoms with van der Waals surface area (Å²) >= 11 is 0. The van der Waals surface area contributed by atoms with Crippen LogP contribution < -0.4 is 16.0 Å². The summed E-state index contributed by atoms with van der Waals surface area (Å²) in [5, 5.41) is 13.4. The Hall–Kier alpha value is -4.09. The van der Waals surface area contributed by atoms with E-state index in [4.69, 9.17) is 15.2 Å². The molecule has 2 aromatic carbocycles. The molecular formula is C25H24N4O4. The second-order valence-electron chi connectivity index (χ2n) is 7.72. The average molecular weight is 444 g/mol. The fourth-order valence-corrected chi connectivity index (χ4v) is 4.38. The number of ether oxygens (including phenoxy) is 2. The zero-order valence-electron chi connectivity index (χ0n) is 18.4. The first kappa shape index (κ1) is 22.1. The molecule has 0 saturated heterocycles. The number of rotatable bonds is 4. The van der Waals surface area contributed by atoms with Crippen LogP contribution >= 0.6 is 0 Å². The zero-order chi connectivity index (χ0) is 23.5. The van der Waals surface area contributed by atoms with Gasteiger partial charge in [-0.3, -0.25) is 4.90 Å². The van der Waals surface area contributed by atoms with E-state index in [1.165, 1.54) is 19.1 Å². The van der Waals surface area contributed by atoms with Gasteiger partial charge in [-0.15, -0.1) is 0 Å². The Morgan fingerprint density at radius 3 is 2.48 bits per heavy atom. The van der Waals surface area contributed by atoms with Gasteiger partial charge in [-0.1, -0.05) is 36.4 Å². The van der Waals surface area contributed by atoms with Crippen molar-refractivity contribution < 1.29 is 19.1 Å². The van der Waals surface area contributed by atoms with Crippen molar-refractivity contribution in [2.45, 2.75) is 18.9 Å². The molecular weight excluding hydrogens is 420 g/mol. The second kappa shape index (κ2) is 9.18. The van der Waals surface area contributed by atoms with Gasteiger partial charge < -0.3 is 20.5 Å². The highest BCUT2D eigenvalue weighted by atomic mass is 16.5. The highest BCUT2D eigenvalue weighted by Gasteiger charge is 2.43. The number of nitriles is 1. The molecule has 0 radical (unpaired) electrons. The van der Waals surface area contributed by atoms with E-state index in [9.17, 15) is 14.9 Å². The van der Waals surface area contributed by atoms with E-state index in [-0.39, 0.29) is 22.7 Å². The number of nitrogens with one attached hydrogen (secondary N) is 1. The molecule has 0 saturated carbocycles. The first-order valence-corrected chi connectivity index (χ1v) is 10.5. The SMILES string of the molecule is COC(=O)C1=C(C(=O)OC)N(c2ccc3c(c2)CCNC3)C(N)=C(C#N)C1c1ccccc1. The molecule has 2 aromatic rings. The number of hydrogen-bond acceptors (Lipinski definition) is 8. The number of anilines is 1. The lowest BCUT2D eigenvalue weighted by Gasteiger charge is -2.36. The van der Waals surface area contributed by atoms with Gasteiger partial charge in [0.05, 0.1) is 37.4 Å². The lowest BCUT2D eigenvalue weighted by Crippen LogP contribution is -2.41. The van der Waals surface area contributed by atoms with Gasteiger partial charge >= 0.3 is 11.9 Å². The number of esters is 2. The first-order chi connectivity index (χ1) is 16.0. The van der Waals surface area contributed by atoms with Gasteiger partial charge in [-0.05, 0) is 41.8 Å². The number of nitrogens with zero attached hydrogens (tertiary/aromatic N) is 2. The molecule has 0 bridgehead atoms. The van der Waals surface area contributed by atoms with Gasteiger partial charge in [-0.25, -0.2) is 9.59 Å². The van der Waals surface area contributed by atoms with Crippen LogP contribution in [0.2, 0.25) is 0 Å². The maximum absolute atomic E-state index is 13.1. The van der Waals surface area contributed by atoms with Gasteiger partial charge in [-0.2, -0.15) is 5.26 Å². The van der Waals surface area contributed by atoms with Crippen molar-refractivity contribution in [2.75, 3.05) is 25.7 Å². The number of hydrogen-bond donors (Lipinski definition) is 2. The van der Waals surface area contributed by atoms with Gasteiger partial charge in [0.25, 0.3) is 0 Å². The third-order valence-corrected chi connectivity index (χ3v) is 5.94. The number of carbonyl (C=O) groups excluding carboxylic acids is 2. The van der Waals surface area contributed by atoms with Crippen molar-refractivity contribution in [1.82, 2.24) is 5.32 Å². The van der Waals surface area contributed by atoms with Crippen molar-refractivity contribution in [2.24, 2.45) is 5.73 Å². The van der Waals surface area contributed by atoms with Crippen molar-refractivity contribution in [3.63, 3.8) is 0 Å². The third kappa shape index (κ3) is 3.83. The van der Waals surface area contributed by atoms with Gasteiger partial charge in [0.2, 0.25) is 0 Å². The van der Waals surface area contributed by atoms with Crippen LogP contribution in [0.4, 0.5) is 5.69 Å². The Kier molecular flexibility index (Phi) is 6.16. The molecule has 2 aliphatic rings. The molecule has 8 nitrogen and oxygen atoms in total. The number of nitrogens with two attached hydrogens (primary N) is 1. The van der Waals surface area contributed by atoms with Crippen molar-refractivity contribution in [3.05, 3.63) is 87.9 Å². The summed E-state index contributed by atoms with van der Waals surface area (Å²) < 4.78 is 10.1. The second-order valence-corrected chi connectivity index (χ2v) is 7.72. The monoisotopic (exact) mass is 444 g/mol. The third-order valence-electron chi connectivity index (χ3n) is 5.94. The fraction of sp³-hybridized carbons (Fsp3) is 0.240. The van der Waals surface area contributed by atoms with E-state index in [2.05, 4.69) is 11.4 Å². The molecule has 1 atom stereocenters. The van der Waals surface area contributed by atoms with E-state index in [1.54, 1.807) is 24.3 Å². The molecule has 1 unspecified atom stereocenters. The Morgan fingerprint density at radius 1 is 1.09 bits per heavy atom. The van der Waals surface area contributed by atoms with Crippen LogP contribution in [0, 0.1) is 11.3 Å². The predicted molar refractivity (Wildman–Crippen MR) is 121 cm³/mol. The van der Waals surface area contributed by atoms with E-state index >= 15 is 0 Å². The Balaban J connectivity index is 2.01. The summed E-state index contributed by atoms with van der Waals surface area (Å²) in [7, 11) is 2.47. The maximum Gasteiger partial charge on any atom is 0.355 e. The zero-order valence-corrected chi connectivity index (χ0v) is 18.4. The highest BCUT2D eigenvalue weighted by molar-refractivity contribution is 6.06. The summed E-state index contributed by atoms with van der Waals surface area (Å²) in [5.74, 6) is -2.31. The van der Waals surface area contributed by atoms with Gasteiger partial charge in [0.1, 0.15) is 11.5 Å². The lowest BCUT2D eigenvalue weighted by atomic mass is 9.81. The lowest BCUT2D eigenvalue weighted by molar-refractivity contribution is -0.139. The van der Waals surface area contributed by atoms with Crippen LogP contribution in [0.1, 0.15) is 22.6 Å².